The van der Waals surface area contributed by atoms with Gasteiger partial charge in [0.2, 0.25) is 11.9 Å². The number of anilines is 2. The van der Waals surface area contributed by atoms with Crippen LogP contribution in [0.3, 0.4) is 0 Å². The maximum absolute atomic E-state index is 12.6. The van der Waals surface area contributed by atoms with Crippen LogP contribution in [0.25, 0.3) is 0 Å². The fourth-order valence-electron chi connectivity index (χ4n) is 3.39. The zero-order chi connectivity index (χ0) is 22.8. The summed E-state index contributed by atoms with van der Waals surface area (Å²) in [6.07, 6.45) is 3.85. The summed E-state index contributed by atoms with van der Waals surface area (Å²) in [6, 6.07) is 7.38. The first-order chi connectivity index (χ1) is 15.6. The number of benzene rings is 1. The lowest BCUT2D eigenvalue weighted by Crippen LogP contribution is -2.49. The Morgan fingerprint density at radius 2 is 1.91 bits per heavy atom. The molecule has 0 atom stereocenters. The fourth-order valence-corrected chi connectivity index (χ4v) is 3.39. The number of guanidine groups is 1. The Morgan fingerprint density at radius 1 is 1.16 bits per heavy atom. The Morgan fingerprint density at radius 3 is 2.56 bits per heavy atom. The van der Waals surface area contributed by atoms with Gasteiger partial charge in [0.1, 0.15) is 0 Å². The second-order valence-corrected chi connectivity index (χ2v) is 7.09. The predicted molar refractivity (Wildman–Crippen MR) is 125 cm³/mol. The van der Waals surface area contributed by atoms with Crippen molar-refractivity contribution in [2.75, 3.05) is 63.7 Å². The maximum Gasteiger partial charge on any atom is 0.225 e. The van der Waals surface area contributed by atoms with Crippen LogP contribution < -0.4 is 25.0 Å². The number of piperazine rings is 1. The largest absolute Gasteiger partial charge is 0.493 e. The molecule has 1 aromatic heterocycles. The van der Waals surface area contributed by atoms with E-state index in [4.69, 9.17) is 9.47 Å². The molecule has 1 aliphatic heterocycles. The number of amides is 1. The van der Waals surface area contributed by atoms with Crippen molar-refractivity contribution in [2.45, 2.75) is 13.3 Å². The standard InChI is InChI=1S/C22H31N7O3/c1-4-32-19-16-17(6-7-18(19)31-3)27-21(23-2)24-11-8-20(30)28-12-14-29(15-13-28)22-25-9-5-10-26-22/h5-7,9-10,16H,4,8,11-15H2,1-3H3,(H2,23,24,27). The first-order valence-corrected chi connectivity index (χ1v) is 10.7. The van der Waals surface area contributed by atoms with Crippen molar-refractivity contribution in [3.63, 3.8) is 0 Å². The van der Waals surface area contributed by atoms with Crippen LogP contribution in [-0.2, 0) is 4.79 Å². The van der Waals surface area contributed by atoms with Crippen molar-refractivity contribution < 1.29 is 14.3 Å². The smallest absolute Gasteiger partial charge is 0.225 e. The number of nitrogens with zero attached hydrogens (tertiary/aromatic N) is 5. The Kier molecular flexibility index (Phi) is 8.47. The van der Waals surface area contributed by atoms with Gasteiger partial charge < -0.3 is 29.9 Å². The number of methoxy groups -OCH3 is 1. The van der Waals surface area contributed by atoms with Crippen molar-refractivity contribution in [3.8, 4) is 11.5 Å². The van der Waals surface area contributed by atoms with Gasteiger partial charge in [0, 0.05) is 70.3 Å². The first-order valence-electron chi connectivity index (χ1n) is 10.7. The van der Waals surface area contributed by atoms with Gasteiger partial charge in [-0.15, -0.1) is 0 Å². The molecular formula is C22H31N7O3. The van der Waals surface area contributed by atoms with E-state index in [0.29, 0.717) is 56.1 Å². The van der Waals surface area contributed by atoms with Crippen LogP contribution in [0.1, 0.15) is 13.3 Å². The van der Waals surface area contributed by atoms with Crippen LogP contribution in [0.2, 0.25) is 0 Å². The minimum absolute atomic E-state index is 0.115. The minimum atomic E-state index is 0.115. The van der Waals surface area contributed by atoms with E-state index in [0.717, 1.165) is 18.8 Å². The molecule has 0 aliphatic carbocycles. The fraction of sp³-hybridized carbons (Fsp3) is 0.455. The van der Waals surface area contributed by atoms with Crippen molar-refractivity contribution in [1.82, 2.24) is 20.2 Å². The molecule has 0 spiro atoms. The van der Waals surface area contributed by atoms with E-state index in [1.54, 1.807) is 32.6 Å². The number of hydrogen-bond donors (Lipinski definition) is 2. The number of carbonyl (C=O) groups excluding carboxylic acids is 1. The Labute approximate surface area is 188 Å². The number of aromatic nitrogens is 2. The summed E-state index contributed by atoms with van der Waals surface area (Å²) in [4.78, 5) is 29.4. The molecule has 1 amide bonds. The summed E-state index contributed by atoms with van der Waals surface area (Å²) in [5, 5.41) is 6.41. The Hall–Kier alpha value is -3.56. The molecule has 1 saturated heterocycles. The van der Waals surface area contributed by atoms with Gasteiger partial charge in [-0.05, 0) is 25.1 Å². The molecule has 3 rings (SSSR count). The molecule has 32 heavy (non-hydrogen) atoms. The average Bonchev–Trinajstić information content (AvgIpc) is 2.84. The third-order valence-corrected chi connectivity index (χ3v) is 5.05. The number of nitrogens with one attached hydrogen (secondary N) is 2. The van der Waals surface area contributed by atoms with E-state index < -0.39 is 0 Å². The SMILES string of the molecule is CCOc1cc(NC(=NC)NCCC(=O)N2CCN(c3ncccn3)CC2)ccc1OC. The molecule has 1 aromatic carbocycles. The van der Waals surface area contributed by atoms with Crippen LogP contribution in [0.4, 0.5) is 11.6 Å². The van der Waals surface area contributed by atoms with E-state index in [2.05, 4.69) is 30.5 Å². The highest BCUT2D eigenvalue weighted by Gasteiger charge is 2.22. The third-order valence-electron chi connectivity index (χ3n) is 5.05. The van der Waals surface area contributed by atoms with E-state index in [-0.39, 0.29) is 5.91 Å². The Bertz CT molecular complexity index is 900. The van der Waals surface area contributed by atoms with E-state index >= 15 is 0 Å². The van der Waals surface area contributed by atoms with Gasteiger partial charge in [-0.25, -0.2) is 9.97 Å². The van der Waals surface area contributed by atoms with Crippen molar-refractivity contribution >= 4 is 23.5 Å². The third kappa shape index (κ3) is 6.22. The maximum atomic E-state index is 12.6. The lowest BCUT2D eigenvalue weighted by molar-refractivity contribution is -0.131. The summed E-state index contributed by atoms with van der Waals surface area (Å²) in [5.41, 5.74) is 0.813. The molecule has 1 aliphatic rings. The van der Waals surface area contributed by atoms with Crippen molar-refractivity contribution in [3.05, 3.63) is 36.7 Å². The molecule has 0 bridgehead atoms. The van der Waals surface area contributed by atoms with Gasteiger partial charge in [-0.1, -0.05) is 0 Å². The number of ether oxygens (including phenoxy) is 2. The van der Waals surface area contributed by atoms with Gasteiger partial charge in [-0.2, -0.15) is 0 Å². The van der Waals surface area contributed by atoms with Gasteiger partial charge in [0.25, 0.3) is 0 Å². The number of carbonyl (C=O) groups is 1. The zero-order valence-electron chi connectivity index (χ0n) is 18.9. The topological polar surface area (TPSA) is 104 Å². The predicted octanol–water partition coefficient (Wildman–Crippen LogP) is 1.61. The molecule has 172 valence electrons. The highest BCUT2D eigenvalue weighted by Crippen LogP contribution is 2.30. The molecule has 2 N–H and O–H groups in total. The lowest BCUT2D eigenvalue weighted by atomic mass is 10.2. The van der Waals surface area contributed by atoms with Crippen LogP contribution in [0.5, 0.6) is 11.5 Å². The summed E-state index contributed by atoms with van der Waals surface area (Å²) < 4.78 is 10.9. The van der Waals surface area contributed by atoms with E-state index in [1.165, 1.54) is 0 Å². The van der Waals surface area contributed by atoms with Gasteiger partial charge in [0.15, 0.2) is 17.5 Å². The number of aliphatic imine (C=N–C) groups is 1. The number of rotatable bonds is 8. The second-order valence-electron chi connectivity index (χ2n) is 7.09. The number of hydrogen-bond acceptors (Lipinski definition) is 7. The van der Waals surface area contributed by atoms with Crippen LogP contribution in [0.15, 0.2) is 41.7 Å². The molecular weight excluding hydrogens is 410 g/mol. The first kappa shape index (κ1) is 23.1. The normalized spacial score (nSPS) is 14.2. The highest BCUT2D eigenvalue weighted by atomic mass is 16.5. The lowest BCUT2D eigenvalue weighted by Gasteiger charge is -2.34. The summed E-state index contributed by atoms with van der Waals surface area (Å²) >= 11 is 0. The van der Waals surface area contributed by atoms with Gasteiger partial charge in [0.05, 0.1) is 13.7 Å². The highest BCUT2D eigenvalue weighted by molar-refractivity contribution is 5.94. The molecule has 0 radical (unpaired) electrons. The van der Waals surface area contributed by atoms with Gasteiger partial charge in [-0.3, -0.25) is 9.79 Å². The zero-order valence-corrected chi connectivity index (χ0v) is 18.9. The average molecular weight is 442 g/mol. The monoisotopic (exact) mass is 441 g/mol. The van der Waals surface area contributed by atoms with Crippen LogP contribution in [0, 0.1) is 0 Å². The Balaban J connectivity index is 1.44. The second kappa shape index (κ2) is 11.7. The molecule has 0 saturated carbocycles. The quantitative estimate of drug-likeness (QED) is 0.470. The molecule has 2 heterocycles. The van der Waals surface area contributed by atoms with E-state index in [1.807, 2.05) is 30.0 Å². The molecule has 0 unspecified atom stereocenters. The summed E-state index contributed by atoms with van der Waals surface area (Å²) in [6.45, 7) is 5.73. The molecule has 2 aromatic rings. The van der Waals surface area contributed by atoms with E-state index in [9.17, 15) is 4.79 Å². The van der Waals surface area contributed by atoms with Crippen molar-refractivity contribution in [2.24, 2.45) is 4.99 Å². The summed E-state index contributed by atoms with van der Waals surface area (Å²) in [5.74, 6) is 2.74. The molecule has 10 heteroatoms. The van der Waals surface area contributed by atoms with Gasteiger partial charge >= 0.3 is 0 Å². The minimum Gasteiger partial charge on any atom is -0.493 e. The van der Waals surface area contributed by atoms with Crippen LogP contribution in [-0.4, -0.2) is 80.2 Å². The summed E-state index contributed by atoms with van der Waals surface area (Å²) in [7, 11) is 3.30. The van der Waals surface area contributed by atoms with Crippen LogP contribution >= 0.6 is 0 Å². The van der Waals surface area contributed by atoms with Crippen molar-refractivity contribution in [1.29, 1.82) is 0 Å². The molecule has 1 fully saturated rings. The molecule has 10 nitrogen and oxygen atoms in total.